The van der Waals surface area contributed by atoms with Gasteiger partial charge in [-0.15, -0.1) is 24.0 Å². The van der Waals surface area contributed by atoms with E-state index in [1.165, 1.54) is 5.56 Å². The van der Waals surface area contributed by atoms with Gasteiger partial charge in [0.15, 0.2) is 17.5 Å². The second-order valence-electron chi connectivity index (χ2n) is 4.74. The van der Waals surface area contributed by atoms with Gasteiger partial charge in [-0.1, -0.05) is 6.07 Å². The number of nitrogens with zero attached hydrogens (tertiary/aromatic N) is 1. The highest BCUT2D eigenvalue weighted by Gasteiger charge is 2.05. The lowest BCUT2D eigenvalue weighted by Crippen LogP contribution is -2.41. The van der Waals surface area contributed by atoms with E-state index in [0.29, 0.717) is 6.04 Å². The molecule has 0 saturated carbocycles. The van der Waals surface area contributed by atoms with E-state index in [0.717, 1.165) is 30.4 Å². The van der Waals surface area contributed by atoms with Gasteiger partial charge in [-0.25, -0.2) is 0 Å². The maximum Gasteiger partial charge on any atom is 0.191 e. The Morgan fingerprint density at radius 3 is 2.38 bits per heavy atom. The lowest BCUT2D eigenvalue weighted by Gasteiger charge is -2.14. The van der Waals surface area contributed by atoms with Crippen LogP contribution in [0.5, 0.6) is 11.5 Å². The molecule has 0 unspecified atom stereocenters. The summed E-state index contributed by atoms with van der Waals surface area (Å²) in [6, 6.07) is 6.33. The first-order valence-electron chi connectivity index (χ1n) is 6.78. The number of halogens is 1. The summed E-state index contributed by atoms with van der Waals surface area (Å²) in [4.78, 5) is 4.17. The molecule has 6 heteroatoms. The molecule has 0 spiro atoms. The van der Waals surface area contributed by atoms with Crippen LogP contribution in [-0.4, -0.2) is 39.8 Å². The van der Waals surface area contributed by atoms with E-state index >= 15 is 0 Å². The maximum absolute atomic E-state index is 5.30. The van der Waals surface area contributed by atoms with E-state index in [4.69, 9.17) is 9.47 Å². The second-order valence-corrected chi connectivity index (χ2v) is 4.74. The quantitative estimate of drug-likeness (QED) is 0.432. The molecule has 0 amide bonds. The van der Waals surface area contributed by atoms with E-state index in [-0.39, 0.29) is 24.0 Å². The molecule has 1 aromatic rings. The van der Waals surface area contributed by atoms with Crippen molar-refractivity contribution in [2.45, 2.75) is 26.3 Å². The lowest BCUT2D eigenvalue weighted by molar-refractivity contribution is 0.354. The highest BCUT2D eigenvalue weighted by atomic mass is 127. The molecule has 2 N–H and O–H groups in total. The van der Waals surface area contributed by atoms with Crippen LogP contribution in [0.15, 0.2) is 23.2 Å². The SMILES string of the molecule is CN=C(NCCc1ccc(OC)c(OC)c1)NC(C)C.I. The molecule has 0 saturated heterocycles. The zero-order valence-electron chi connectivity index (χ0n) is 13.4. The number of methoxy groups -OCH3 is 2. The van der Waals surface area contributed by atoms with Gasteiger partial charge in [-0.2, -0.15) is 0 Å². The lowest BCUT2D eigenvalue weighted by atomic mass is 10.1. The van der Waals surface area contributed by atoms with Gasteiger partial charge >= 0.3 is 0 Å². The van der Waals surface area contributed by atoms with E-state index in [1.54, 1.807) is 21.3 Å². The summed E-state index contributed by atoms with van der Waals surface area (Å²) in [7, 11) is 5.06. The van der Waals surface area contributed by atoms with Crippen molar-refractivity contribution in [1.29, 1.82) is 0 Å². The number of hydrogen-bond acceptors (Lipinski definition) is 3. The number of hydrogen-bond donors (Lipinski definition) is 2. The van der Waals surface area contributed by atoms with E-state index in [2.05, 4.69) is 29.5 Å². The Morgan fingerprint density at radius 1 is 1.19 bits per heavy atom. The van der Waals surface area contributed by atoms with Crippen LogP contribution in [0.3, 0.4) is 0 Å². The normalized spacial score (nSPS) is 10.9. The number of benzene rings is 1. The van der Waals surface area contributed by atoms with Gasteiger partial charge in [0.1, 0.15) is 0 Å². The highest BCUT2D eigenvalue weighted by molar-refractivity contribution is 14.0. The molecular formula is C15H26IN3O2. The van der Waals surface area contributed by atoms with Crippen molar-refractivity contribution in [3.8, 4) is 11.5 Å². The number of nitrogens with one attached hydrogen (secondary N) is 2. The Bertz CT molecular complexity index is 451. The number of ether oxygens (including phenoxy) is 2. The van der Waals surface area contributed by atoms with Crippen molar-refractivity contribution in [3.05, 3.63) is 23.8 Å². The predicted octanol–water partition coefficient (Wildman–Crippen LogP) is 2.44. The smallest absolute Gasteiger partial charge is 0.191 e. The number of aliphatic imine (C=N–C) groups is 1. The zero-order valence-corrected chi connectivity index (χ0v) is 15.7. The Morgan fingerprint density at radius 2 is 1.86 bits per heavy atom. The van der Waals surface area contributed by atoms with E-state index in [9.17, 15) is 0 Å². The van der Waals surface area contributed by atoms with Gasteiger partial charge in [-0.05, 0) is 38.0 Å². The Labute approximate surface area is 144 Å². The Balaban J connectivity index is 0.00000400. The van der Waals surface area contributed by atoms with Crippen LogP contribution in [0.4, 0.5) is 0 Å². The van der Waals surface area contributed by atoms with Gasteiger partial charge in [0.2, 0.25) is 0 Å². The van der Waals surface area contributed by atoms with E-state index in [1.807, 2.05) is 18.2 Å². The molecule has 120 valence electrons. The fourth-order valence-electron chi connectivity index (χ4n) is 1.83. The first kappa shape index (κ1) is 19.8. The molecule has 0 aliphatic carbocycles. The minimum atomic E-state index is 0. The van der Waals surface area contributed by atoms with Gasteiger partial charge in [0, 0.05) is 19.6 Å². The summed E-state index contributed by atoms with van der Waals surface area (Å²) >= 11 is 0. The van der Waals surface area contributed by atoms with Crippen LogP contribution in [0.2, 0.25) is 0 Å². The third kappa shape index (κ3) is 6.88. The van der Waals surface area contributed by atoms with Crippen molar-refractivity contribution in [3.63, 3.8) is 0 Å². The molecule has 5 nitrogen and oxygen atoms in total. The van der Waals surface area contributed by atoms with Gasteiger partial charge in [0.05, 0.1) is 14.2 Å². The van der Waals surface area contributed by atoms with E-state index < -0.39 is 0 Å². The average Bonchev–Trinajstić information content (AvgIpc) is 2.45. The van der Waals surface area contributed by atoms with Crippen LogP contribution in [0.1, 0.15) is 19.4 Å². The standard InChI is InChI=1S/C15H25N3O2.HI/c1-11(2)18-15(16-3)17-9-8-12-6-7-13(19-4)14(10-12)20-5;/h6-7,10-11H,8-9H2,1-5H3,(H2,16,17,18);1H. The molecule has 0 aromatic heterocycles. The largest absolute Gasteiger partial charge is 0.493 e. The topological polar surface area (TPSA) is 54.9 Å². The summed E-state index contributed by atoms with van der Waals surface area (Å²) < 4.78 is 10.5. The van der Waals surface area contributed by atoms with Crippen molar-refractivity contribution >= 4 is 29.9 Å². The fourth-order valence-corrected chi connectivity index (χ4v) is 1.83. The van der Waals surface area contributed by atoms with Crippen molar-refractivity contribution in [1.82, 2.24) is 10.6 Å². The number of guanidine groups is 1. The molecule has 1 aromatic carbocycles. The van der Waals surface area contributed by atoms with Crippen molar-refractivity contribution in [2.75, 3.05) is 27.8 Å². The van der Waals surface area contributed by atoms with Crippen LogP contribution in [0, 0.1) is 0 Å². The first-order chi connectivity index (χ1) is 9.60. The molecule has 1 rings (SSSR count). The predicted molar refractivity (Wildman–Crippen MR) is 98.3 cm³/mol. The number of rotatable bonds is 6. The van der Waals surface area contributed by atoms with Crippen molar-refractivity contribution < 1.29 is 9.47 Å². The summed E-state index contributed by atoms with van der Waals surface area (Å²) in [5.41, 5.74) is 1.19. The summed E-state index contributed by atoms with van der Waals surface area (Å²) in [6.07, 6.45) is 0.888. The third-order valence-electron chi connectivity index (χ3n) is 2.80. The summed E-state index contributed by atoms with van der Waals surface area (Å²) in [5.74, 6) is 2.33. The van der Waals surface area contributed by atoms with Crippen molar-refractivity contribution in [2.24, 2.45) is 4.99 Å². The van der Waals surface area contributed by atoms with Crippen LogP contribution >= 0.6 is 24.0 Å². The minimum Gasteiger partial charge on any atom is -0.493 e. The molecule has 0 radical (unpaired) electrons. The molecule has 0 heterocycles. The highest BCUT2D eigenvalue weighted by Crippen LogP contribution is 2.27. The summed E-state index contributed by atoms with van der Waals surface area (Å²) in [6.45, 7) is 4.98. The molecular weight excluding hydrogens is 381 g/mol. The first-order valence-corrected chi connectivity index (χ1v) is 6.78. The Hall–Kier alpha value is -1.18. The summed E-state index contributed by atoms with van der Waals surface area (Å²) in [5, 5.41) is 6.53. The molecule has 0 aliphatic heterocycles. The van der Waals surface area contributed by atoms with Crippen LogP contribution in [-0.2, 0) is 6.42 Å². The average molecular weight is 407 g/mol. The fraction of sp³-hybridized carbons (Fsp3) is 0.533. The monoisotopic (exact) mass is 407 g/mol. The molecule has 0 fully saturated rings. The second kappa shape index (κ2) is 10.5. The van der Waals surface area contributed by atoms with Crippen LogP contribution in [0.25, 0.3) is 0 Å². The Kier molecular flexibility index (Phi) is 9.94. The molecule has 0 atom stereocenters. The minimum absolute atomic E-state index is 0. The van der Waals surface area contributed by atoms with Gasteiger partial charge in [-0.3, -0.25) is 4.99 Å². The van der Waals surface area contributed by atoms with Crippen LogP contribution < -0.4 is 20.1 Å². The molecule has 0 aliphatic rings. The zero-order chi connectivity index (χ0) is 15.0. The van der Waals surface area contributed by atoms with Gasteiger partial charge in [0.25, 0.3) is 0 Å². The molecule has 0 bridgehead atoms. The van der Waals surface area contributed by atoms with Gasteiger partial charge < -0.3 is 20.1 Å². The maximum atomic E-state index is 5.30. The third-order valence-corrected chi connectivity index (χ3v) is 2.80. The molecule has 21 heavy (non-hydrogen) atoms.